The van der Waals surface area contributed by atoms with Gasteiger partial charge in [0.05, 0.1) is 6.61 Å². The molecule has 4 heteroatoms. The van der Waals surface area contributed by atoms with Crippen molar-refractivity contribution in [1.29, 1.82) is 0 Å². The third-order valence-corrected chi connectivity index (χ3v) is 3.05. The summed E-state index contributed by atoms with van der Waals surface area (Å²) in [5, 5.41) is 2.73. The summed E-state index contributed by atoms with van der Waals surface area (Å²) in [5.41, 5.74) is 2.20. The van der Waals surface area contributed by atoms with E-state index in [2.05, 4.69) is 5.32 Å². The largest absolute Gasteiger partial charge is 0.493 e. The number of nitrogens with one attached hydrogen (secondary N) is 1. The van der Waals surface area contributed by atoms with E-state index in [0.717, 1.165) is 17.7 Å². The van der Waals surface area contributed by atoms with Gasteiger partial charge in [-0.3, -0.25) is 4.79 Å². The highest BCUT2D eigenvalue weighted by atomic mass is 19.1. The minimum absolute atomic E-state index is 0.207. The van der Waals surface area contributed by atoms with Gasteiger partial charge in [0.1, 0.15) is 11.6 Å². The molecule has 1 amide bonds. The van der Waals surface area contributed by atoms with Crippen molar-refractivity contribution in [2.24, 2.45) is 0 Å². The topological polar surface area (TPSA) is 38.3 Å². The van der Waals surface area contributed by atoms with Gasteiger partial charge in [-0.15, -0.1) is 0 Å². The number of amides is 1. The van der Waals surface area contributed by atoms with Gasteiger partial charge < -0.3 is 10.1 Å². The standard InChI is InChI=1S/C15H12FNO2/c16-12-2-4-13(5-3-12)17-15(18)11-1-6-14-10(9-11)7-8-19-14/h1-6,9H,7-8H2,(H,17,18). The van der Waals surface area contributed by atoms with Gasteiger partial charge in [0.2, 0.25) is 0 Å². The van der Waals surface area contributed by atoms with E-state index in [4.69, 9.17) is 4.74 Å². The number of halogens is 1. The van der Waals surface area contributed by atoms with Crippen LogP contribution in [0.3, 0.4) is 0 Å². The Morgan fingerprint density at radius 2 is 1.95 bits per heavy atom. The molecule has 3 rings (SSSR count). The molecule has 1 aliphatic rings. The van der Waals surface area contributed by atoms with E-state index in [1.54, 1.807) is 6.07 Å². The number of carbonyl (C=O) groups excluding carboxylic acids is 1. The Balaban J connectivity index is 1.78. The lowest BCUT2D eigenvalue weighted by Gasteiger charge is -2.06. The predicted octanol–water partition coefficient (Wildman–Crippen LogP) is 3.01. The van der Waals surface area contributed by atoms with Crippen LogP contribution in [-0.2, 0) is 6.42 Å². The second-order valence-electron chi connectivity index (χ2n) is 4.38. The number of ether oxygens (including phenoxy) is 1. The smallest absolute Gasteiger partial charge is 0.255 e. The summed E-state index contributed by atoms with van der Waals surface area (Å²) in [6.07, 6.45) is 0.826. The monoisotopic (exact) mass is 257 g/mol. The average Bonchev–Trinajstić information content (AvgIpc) is 2.88. The zero-order valence-electron chi connectivity index (χ0n) is 10.2. The normalized spacial score (nSPS) is 12.7. The Hall–Kier alpha value is -2.36. The third kappa shape index (κ3) is 2.42. The second kappa shape index (κ2) is 4.72. The van der Waals surface area contributed by atoms with Gasteiger partial charge in [0.25, 0.3) is 5.91 Å². The quantitative estimate of drug-likeness (QED) is 0.898. The average molecular weight is 257 g/mol. The molecule has 0 unspecified atom stereocenters. The fraction of sp³-hybridized carbons (Fsp3) is 0.133. The summed E-state index contributed by atoms with van der Waals surface area (Å²) in [5.74, 6) is 0.312. The zero-order valence-corrected chi connectivity index (χ0v) is 10.2. The van der Waals surface area contributed by atoms with Crippen molar-refractivity contribution >= 4 is 11.6 Å². The fourth-order valence-corrected chi connectivity index (χ4v) is 2.06. The number of anilines is 1. The predicted molar refractivity (Wildman–Crippen MR) is 70.0 cm³/mol. The molecular formula is C15H12FNO2. The number of benzene rings is 2. The summed E-state index contributed by atoms with van der Waals surface area (Å²) >= 11 is 0. The molecule has 19 heavy (non-hydrogen) atoms. The van der Waals surface area contributed by atoms with Gasteiger partial charge in [-0.25, -0.2) is 4.39 Å². The number of rotatable bonds is 2. The van der Waals surface area contributed by atoms with Crippen LogP contribution in [0, 0.1) is 5.82 Å². The van der Waals surface area contributed by atoms with Crippen molar-refractivity contribution in [3.63, 3.8) is 0 Å². The van der Waals surface area contributed by atoms with E-state index in [1.807, 2.05) is 12.1 Å². The molecule has 0 aromatic heterocycles. The maximum absolute atomic E-state index is 12.8. The van der Waals surface area contributed by atoms with Gasteiger partial charge in [-0.1, -0.05) is 0 Å². The van der Waals surface area contributed by atoms with E-state index < -0.39 is 0 Å². The molecule has 0 radical (unpaired) electrons. The molecule has 1 N–H and O–H groups in total. The first-order chi connectivity index (χ1) is 9.22. The summed E-state index contributed by atoms with van der Waals surface area (Å²) in [7, 11) is 0. The van der Waals surface area contributed by atoms with E-state index in [-0.39, 0.29) is 11.7 Å². The molecular weight excluding hydrogens is 245 g/mol. The summed E-state index contributed by atoms with van der Waals surface area (Å²) in [6.45, 7) is 0.665. The summed E-state index contributed by atoms with van der Waals surface area (Å²) in [4.78, 5) is 12.1. The maximum Gasteiger partial charge on any atom is 0.255 e. The lowest BCUT2D eigenvalue weighted by molar-refractivity contribution is 0.102. The van der Waals surface area contributed by atoms with E-state index in [1.165, 1.54) is 24.3 Å². The van der Waals surface area contributed by atoms with Crippen molar-refractivity contribution in [3.05, 3.63) is 59.4 Å². The molecule has 0 bridgehead atoms. The molecule has 2 aromatic rings. The Bertz CT molecular complexity index is 623. The molecule has 0 aliphatic carbocycles. The molecule has 0 saturated heterocycles. The van der Waals surface area contributed by atoms with Gasteiger partial charge in [0.15, 0.2) is 0 Å². The Kier molecular flexibility index (Phi) is 2.91. The maximum atomic E-state index is 12.8. The minimum atomic E-state index is -0.326. The summed E-state index contributed by atoms with van der Waals surface area (Å²) in [6, 6.07) is 11.1. The van der Waals surface area contributed by atoms with E-state index in [0.29, 0.717) is 17.9 Å². The first kappa shape index (κ1) is 11.7. The van der Waals surface area contributed by atoms with Crippen molar-refractivity contribution < 1.29 is 13.9 Å². The van der Waals surface area contributed by atoms with Gasteiger partial charge in [-0.05, 0) is 48.0 Å². The van der Waals surface area contributed by atoms with Crippen molar-refractivity contribution in [1.82, 2.24) is 0 Å². The molecule has 1 heterocycles. The Morgan fingerprint density at radius 3 is 2.74 bits per heavy atom. The minimum Gasteiger partial charge on any atom is -0.493 e. The first-order valence-electron chi connectivity index (χ1n) is 6.05. The van der Waals surface area contributed by atoms with Crippen LogP contribution in [0.1, 0.15) is 15.9 Å². The third-order valence-electron chi connectivity index (χ3n) is 3.05. The van der Waals surface area contributed by atoms with Crippen LogP contribution in [0.25, 0.3) is 0 Å². The molecule has 1 aliphatic heterocycles. The molecule has 0 spiro atoms. The molecule has 2 aromatic carbocycles. The lowest BCUT2D eigenvalue weighted by atomic mass is 10.1. The molecule has 3 nitrogen and oxygen atoms in total. The van der Waals surface area contributed by atoms with Crippen LogP contribution < -0.4 is 10.1 Å². The van der Waals surface area contributed by atoms with Crippen LogP contribution in [0.4, 0.5) is 10.1 Å². The fourth-order valence-electron chi connectivity index (χ4n) is 2.06. The van der Waals surface area contributed by atoms with Crippen molar-refractivity contribution in [3.8, 4) is 5.75 Å². The van der Waals surface area contributed by atoms with Crippen LogP contribution in [0.2, 0.25) is 0 Å². The Labute approximate surface area is 110 Å². The van der Waals surface area contributed by atoms with Crippen LogP contribution in [-0.4, -0.2) is 12.5 Å². The highest BCUT2D eigenvalue weighted by Crippen LogP contribution is 2.26. The van der Waals surface area contributed by atoms with Crippen LogP contribution in [0.15, 0.2) is 42.5 Å². The number of fused-ring (bicyclic) bond motifs is 1. The SMILES string of the molecule is O=C(Nc1ccc(F)cc1)c1ccc2c(c1)CCO2. The second-order valence-corrected chi connectivity index (χ2v) is 4.38. The highest BCUT2D eigenvalue weighted by Gasteiger charge is 2.15. The Morgan fingerprint density at radius 1 is 1.16 bits per heavy atom. The molecule has 0 saturated carbocycles. The van der Waals surface area contributed by atoms with Gasteiger partial charge in [-0.2, -0.15) is 0 Å². The van der Waals surface area contributed by atoms with Crippen LogP contribution in [0.5, 0.6) is 5.75 Å². The van der Waals surface area contributed by atoms with Crippen LogP contribution >= 0.6 is 0 Å². The number of hydrogen-bond acceptors (Lipinski definition) is 2. The van der Waals surface area contributed by atoms with Gasteiger partial charge in [0, 0.05) is 17.7 Å². The molecule has 0 fully saturated rings. The molecule has 96 valence electrons. The van der Waals surface area contributed by atoms with Gasteiger partial charge >= 0.3 is 0 Å². The highest BCUT2D eigenvalue weighted by molar-refractivity contribution is 6.04. The zero-order chi connectivity index (χ0) is 13.2. The summed E-state index contributed by atoms with van der Waals surface area (Å²) < 4.78 is 18.2. The van der Waals surface area contributed by atoms with E-state index in [9.17, 15) is 9.18 Å². The lowest BCUT2D eigenvalue weighted by Crippen LogP contribution is -2.11. The van der Waals surface area contributed by atoms with Crippen molar-refractivity contribution in [2.45, 2.75) is 6.42 Å². The first-order valence-corrected chi connectivity index (χ1v) is 6.05. The molecule has 0 atom stereocenters. The van der Waals surface area contributed by atoms with E-state index >= 15 is 0 Å². The number of carbonyl (C=O) groups is 1. The van der Waals surface area contributed by atoms with Crippen molar-refractivity contribution in [2.75, 3.05) is 11.9 Å². The number of hydrogen-bond donors (Lipinski definition) is 1.